The number of hydrogen-bond donors (Lipinski definition) is 1. The molecule has 0 radical (unpaired) electrons. The quantitative estimate of drug-likeness (QED) is 0.834. The zero-order chi connectivity index (χ0) is 19.8. The molecular weight excluding hydrogens is 340 g/mol. The summed E-state index contributed by atoms with van der Waals surface area (Å²) in [5.41, 5.74) is 2.03. The average molecular weight is 362 g/mol. The molecule has 2 aromatic rings. The van der Waals surface area contributed by atoms with Crippen LogP contribution in [0.5, 0.6) is 0 Å². The van der Waals surface area contributed by atoms with E-state index in [0.29, 0.717) is 12.0 Å². The first-order valence-corrected chi connectivity index (χ1v) is 8.88. The molecule has 2 amide bonds. The van der Waals surface area contributed by atoms with Crippen LogP contribution in [0, 0.1) is 16.7 Å². The van der Waals surface area contributed by atoms with E-state index in [4.69, 9.17) is 5.26 Å². The molecule has 1 aliphatic heterocycles. The van der Waals surface area contributed by atoms with Crippen LogP contribution in [0.2, 0.25) is 0 Å². The van der Waals surface area contributed by atoms with Crippen molar-refractivity contribution in [3.63, 3.8) is 0 Å². The largest absolute Gasteiger partial charge is 0.465 e. The molecule has 1 heterocycles. The van der Waals surface area contributed by atoms with Crippen LogP contribution in [-0.2, 0) is 10.3 Å². The van der Waals surface area contributed by atoms with Crippen LogP contribution in [-0.4, -0.2) is 22.0 Å². The second kappa shape index (κ2) is 6.55. The highest BCUT2D eigenvalue weighted by atomic mass is 16.4. The molecule has 5 heteroatoms. The van der Waals surface area contributed by atoms with Crippen LogP contribution in [0.25, 0.3) is 11.1 Å². The van der Waals surface area contributed by atoms with Crippen LogP contribution in [0.4, 0.5) is 4.79 Å². The molecule has 3 rings (SSSR count). The van der Waals surface area contributed by atoms with Gasteiger partial charge in [-0.2, -0.15) is 5.26 Å². The third-order valence-corrected chi connectivity index (χ3v) is 5.47. The average Bonchev–Trinajstić information content (AvgIpc) is 3.00. The summed E-state index contributed by atoms with van der Waals surface area (Å²) in [6, 6.07) is 17.1. The summed E-state index contributed by atoms with van der Waals surface area (Å²) in [5.74, 6) is -0.353. The van der Waals surface area contributed by atoms with Crippen molar-refractivity contribution in [1.82, 2.24) is 4.90 Å². The number of amides is 2. The molecule has 2 aromatic carbocycles. The Labute approximate surface area is 158 Å². The zero-order valence-corrected chi connectivity index (χ0v) is 15.7. The summed E-state index contributed by atoms with van der Waals surface area (Å²) in [7, 11) is 0. The van der Waals surface area contributed by atoms with Crippen molar-refractivity contribution in [2.24, 2.45) is 5.41 Å². The minimum Gasteiger partial charge on any atom is -0.465 e. The molecule has 1 aliphatic rings. The van der Waals surface area contributed by atoms with Gasteiger partial charge in [0.05, 0.1) is 17.2 Å². The summed E-state index contributed by atoms with van der Waals surface area (Å²) >= 11 is 0. The third-order valence-electron chi connectivity index (χ3n) is 5.47. The van der Waals surface area contributed by atoms with Crippen LogP contribution in [0.1, 0.15) is 44.7 Å². The summed E-state index contributed by atoms with van der Waals surface area (Å²) in [4.78, 5) is 25.2. The third kappa shape index (κ3) is 2.97. The lowest BCUT2D eigenvalue weighted by Crippen LogP contribution is -2.54. The maximum atomic E-state index is 12.3. The van der Waals surface area contributed by atoms with Gasteiger partial charge in [-0.25, -0.2) is 9.69 Å². The van der Waals surface area contributed by atoms with Gasteiger partial charge in [-0.3, -0.25) is 4.79 Å². The smallest absolute Gasteiger partial charge is 0.414 e. The fourth-order valence-electron chi connectivity index (χ4n) is 4.09. The molecule has 0 saturated carbocycles. The second-order valence-corrected chi connectivity index (χ2v) is 7.89. The summed E-state index contributed by atoms with van der Waals surface area (Å²) in [6.45, 7) is 5.90. The molecular formula is C22H22N2O3. The van der Waals surface area contributed by atoms with E-state index >= 15 is 0 Å². The van der Waals surface area contributed by atoms with E-state index in [9.17, 15) is 14.7 Å². The van der Waals surface area contributed by atoms with Gasteiger partial charge < -0.3 is 5.11 Å². The molecule has 1 unspecified atom stereocenters. The highest BCUT2D eigenvalue weighted by molar-refractivity contribution is 5.94. The van der Waals surface area contributed by atoms with Crippen molar-refractivity contribution in [3.05, 3.63) is 59.7 Å². The molecule has 0 aromatic heterocycles. The number of imide groups is 1. The number of benzene rings is 2. The van der Waals surface area contributed by atoms with E-state index in [1.54, 1.807) is 12.1 Å². The van der Waals surface area contributed by atoms with Crippen LogP contribution in [0.15, 0.2) is 48.5 Å². The maximum Gasteiger partial charge on any atom is 0.414 e. The molecule has 1 N–H and O–H groups in total. The lowest BCUT2D eigenvalue weighted by Gasteiger charge is -2.46. The Kier molecular flexibility index (Phi) is 4.52. The molecule has 5 nitrogen and oxygen atoms in total. The van der Waals surface area contributed by atoms with Crippen molar-refractivity contribution in [3.8, 4) is 17.2 Å². The van der Waals surface area contributed by atoms with Gasteiger partial charge in [-0.15, -0.1) is 0 Å². The fourth-order valence-corrected chi connectivity index (χ4v) is 4.09. The second-order valence-electron chi connectivity index (χ2n) is 7.89. The van der Waals surface area contributed by atoms with Crippen molar-refractivity contribution < 1.29 is 14.7 Å². The Morgan fingerprint density at radius 2 is 1.59 bits per heavy atom. The summed E-state index contributed by atoms with van der Waals surface area (Å²) in [6.07, 6.45) is -0.512. The summed E-state index contributed by atoms with van der Waals surface area (Å²) < 4.78 is 0. The molecule has 0 bridgehead atoms. The predicted molar refractivity (Wildman–Crippen MR) is 102 cm³/mol. The zero-order valence-electron chi connectivity index (χ0n) is 15.7. The monoisotopic (exact) mass is 362 g/mol. The number of carboxylic acid groups (broad SMARTS) is 1. The van der Waals surface area contributed by atoms with Gasteiger partial charge in [0, 0.05) is 6.42 Å². The Bertz CT molecular complexity index is 918. The van der Waals surface area contributed by atoms with E-state index in [0.717, 1.165) is 21.6 Å². The fraction of sp³-hybridized carbons (Fsp3) is 0.318. The number of rotatable bonds is 2. The van der Waals surface area contributed by atoms with Crippen molar-refractivity contribution in [1.29, 1.82) is 5.26 Å². The minimum atomic E-state index is -1.21. The minimum absolute atomic E-state index is 0.223. The SMILES string of the molecule is CC(C)(C)C1(c2ccc(-c3ccc(C#N)cc3)cc2)CCC(=O)N1C(=O)O. The van der Waals surface area contributed by atoms with Crippen LogP contribution in [0.3, 0.4) is 0 Å². The Hall–Kier alpha value is -3.13. The number of likely N-dealkylation sites (tertiary alicyclic amines) is 1. The van der Waals surface area contributed by atoms with Crippen molar-refractivity contribution >= 4 is 12.0 Å². The molecule has 27 heavy (non-hydrogen) atoms. The predicted octanol–water partition coefficient (Wildman–Crippen LogP) is 4.77. The first-order chi connectivity index (χ1) is 12.7. The maximum absolute atomic E-state index is 12.3. The van der Waals surface area contributed by atoms with Crippen LogP contribution < -0.4 is 0 Å². The molecule has 1 atom stereocenters. The lowest BCUT2D eigenvalue weighted by atomic mass is 9.67. The Morgan fingerprint density at radius 3 is 2.04 bits per heavy atom. The van der Waals surface area contributed by atoms with Gasteiger partial charge in [0.25, 0.3) is 0 Å². The number of carbonyl (C=O) groups excluding carboxylic acids is 1. The summed E-state index contributed by atoms with van der Waals surface area (Å²) in [5, 5.41) is 18.6. The standard InChI is InChI=1S/C22H22N2O3/c1-21(2,3)22(13-12-19(25)24(22)20(26)27)18-10-8-17(9-11-18)16-6-4-15(14-23)5-7-16/h4-11H,12-13H2,1-3H3,(H,26,27). The first-order valence-electron chi connectivity index (χ1n) is 8.88. The first kappa shape index (κ1) is 18.7. The van der Waals surface area contributed by atoms with Crippen LogP contribution >= 0.6 is 0 Å². The van der Waals surface area contributed by atoms with E-state index in [1.807, 2.05) is 57.2 Å². The lowest BCUT2D eigenvalue weighted by molar-refractivity contribution is -0.131. The molecule has 138 valence electrons. The Balaban J connectivity index is 2.06. The van der Waals surface area contributed by atoms with E-state index in [-0.39, 0.29) is 12.3 Å². The van der Waals surface area contributed by atoms with Gasteiger partial charge in [0.2, 0.25) is 5.91 Å². The molecule has 0 aliphatic carbocycles. The highest BCUT2D eigenvalue weighted by Gasteiger charge is 2.56. The molecule has 0 spiro atoms. The normalized spacial score (nSPS) is 19.8. The van der Waals surface area contributed by atoms with E-state index < -0.39 is 17.0 Å². The Morgan fingerprint density at radius 1 is 1.07 bits per heavy atom. The number of hydrogen-bond acceptors (Lipinski definition) is 3. The number of carbonyl (C=O) groups is 2. The topological polar surface area (TPSA) is 81.4 Å². The van der Waals surface area contributed by atoms with E-state index in [1.165, 1.54) is 0 Å². The highest BCUT2D eigenvalue weighted by Crippen LogP contribution is 2.51. The number of nitriles is 1. The van der Waals surface area contributed by atoms with Gasteiger partial charge >= 0.3 is 6.09 Å². The van der Waals surface area contributed by atoms with Gasteiger partial charge in [-0.05, 0) is 40.7 Å². The van der Waals surface area contributed by atoms with Crippen molar-refractivity contribution in [2.75, 3.05) is 0 Å². The van der Waals surface area contributed by atoms with Gasteiger partial charge in [0.1, 0.15) is 0 Å². The van der Waals surface area contributed by atoms with E-state index in [2.05, 4.69) is 6.07 Å². The van der Waals surface area contributed by atoms with Crippen molar-refractivity contribution in [2.45, 2.75) is 39.2 Å². The number of nitrogens with zero attached hydrogens (tertiary/aromatic N) is 2. The van der Waals surface area contributed by atoms with Gasteiger partial charge in [0.15, 0.2) is 0 Å². The van der Waals surface area contributed by atoms with Gasteiger partial charge in [-0.1, -0.05) is 57.2 Å². The molecule has 1 saturated heterocycles. The molecule has 1 fully saturated rings.